The molecule has 1 saturated carbocycles. The van der Waals surface area contributed by atoms with Crippen LogP contribution >= 0.6 is 0 Å². The van der Waals surface area contributed by atoms with Crippen molar-refractivity contribution in [1.82, 2.24) is 25.3 Å². The Morgan fingerprint density at radius 3 is 2.40 bits per heavy atom. The highest BCUT2D eigenvalue weighted by Crippen LogP contribution is 2.43. The topological polar surface area (TPSA) is 149 Å². The fourth-order valence-corrected chi connectivity index (χ4v) is 8.25. The van der Waals surface area contributed by atoms with Crippen LogP contribution in [0.5, 0.6) is 0 Å². The average molecular weight is 628 g/mol. The summed E-state index contributed by atoms with van der Waals surface area (Å²) in [6.45, 7) is 4.80. The van der Waals surface area contributed by atoms with E-state index in [1.165, 1.54) is 6.08 Å². The van der Waals surface area contributed by atoms with Crippen LogP contribution < -0.4 is 10.6 Å². The molecule has 6 aliphatic rings. The summed E-state index contributed by atoms with van der Waals surface area (Å²) in [6.07, 6.45) is 9.34. The number of halogens is 1. The van der Waals surface area contributed by atoms with E-state index in [1.807, 2.05) is 0 Å². The van der Waals surface area contributed by atoms with Gasteiger partial charge in [0.15, 0.2) is 11.5 Å². The van der Waals surface area contributed by atoms with Crippen molar-refractivity contribution in [2.45, 2.75) is 95.1 Å². The quantitative estimate of drug-likeness (QED) is 0.362. The molecular weight excluding hydrogens is 585 g/mol. The second-order valence-corrected chi connectivity index (χ2v) is 13.5. The minimum absolute atomic E-state index is 0.106. The number of alkyl halides is 1. The lowest BCUT2D eigenvalue weighted by molar-refractivity contribution is -0.151. The highest BCUT2D eigenvalue weighted by molar-refractivity contribution is 6.05. The number of allylic oxidation sites excluding steroid dienone is 1. The summed E-state index contributed by atoms with van der Waals surface area (Å²) in [5.41, 5.74) is 0.263. The van der Waals surface area contributed by atoms with Gasteiger partial charge in [-0.1, -0.05) is 6.42 Å². The molecule has 4 heterocycles. The number of likely N-dealkylation sites (tertiary alicyclic amines) is 2. The van der Waals surface area contributed by atoms with E-state index in [4.69, 9.17) is 9.84 Å². The van der Waals surface area contributed by atoms with Crippen LogP contribution in [0, 0.1) is 11.8 Å². The molecule has 45 heavy (non-hydrogen) atoms. The van der Waals surface area contributed by atoms with Crippen molar-refractivity contribution in [3.8, 4) is 0 Å². The van der Waals surface area contributed by atoms with Gasteiger partial charge in [-0.15, -0.1) is 0 Å². The number of esters is 1. The summed E-state index contributed by atoms with van der Waals surface area (Å²) < 4.78 is 19.0. The van der Waals surface area contributed by atoms with Crippen molar-refractivity contribution in [2.24, 2.45) is 11.8 Å². The first kappa shape index (κ1) is 31.3. The SMILES string of the molecule is CC1(C)OC(=O)C2=CC3=CC(NC(=O)[C@@H]4[C@H](N5CCCCC5)CCN4C(=O)[C@H]4CC[C@H]([C@@H](CF)NC(=O)O)CC4)=CC(=O)C3N21. The predicted octanol–water partition coefficient (Wildman–Crippen LogP) is 2.22. The van der Waals surface area contributed by atoms with Crippen molar-refractivity contribution < 1.29 is 38.2 Å². The van der Waals surface area contributed by atoms with Crippen molar-refractivity contribution in [1.29, 1.82) is 0 Å². The molecule has 4 aliphatic heterocycles. The van der Waals surface area contributed by atoms with Crippen LogP contribution in [0.15, 0.2) is 35.2 Å². The predicted molar refractivity (Wildman–Crippen MR) is 159 cm³/mol. The van der Waals surface area contributed by atoms with Crippen molar-refractivity contribution >= 4 is 29.7 Å². The largest absolute Gasteiger partial charge is 0.465 e. The van der Waals surface area contributed by atoms with Gasteiger partial charge in [-0.05, 0) is 95.5 Å². The lowest BCUT2D eigenvalue weighted by Crippen LogP contribution is -2.56. The molecule has 4 atom stereocenters. The minimum Gasteiger partial charge on any atom is -0.465 e. The third kappa shape index (κ3) is 5.86. The average Bonchev–Trinajstić information content (AvgIpc) is 3.68. The van der Waals surface area contributed by atoms with Crippen LogP contribution in [0.25, 0.3) is 0 Å². The first-order valence-electron chi connectivity index (χ1n) is 16.1. The smallest absolute Gasteiger partial charge is 0.404 e. The van der Waals surface area contributed by atoms with Crippen LogP contribution in [-0.2, 0) is 23.9 Å². The van der Waals surface area contributed by atoms with Gasteiger partial charge in [-0.25, -0.2) is 14.0 Å². The second kappa shape index (κ2) is 12.2. The Bertz CT molecular complexity index is 1360. The molecule has 6 rings (SSSR count). The van der Waals surface area contributed by atoms with E-state index in [2.05, 4.69) is 15.5 Å². The number of nitrogens with zero attached hydrogens (tertiary/aromatic N) is 3. The summed E-state index contributed by atoms with van der Waals surface area (Å²) >= 11 is 0. The van der Waals surface area contributed by atoms with Gasteiger partial charge in [-0.3, -0.25) is 19.3 Å². The fraction of sp³-hybridized carbons (Fsp3) is 0.656. The molecule has 4 fully saturated rings. The van der Waals surface area contributed by atoms with Crippen LogP contribution in [0.1, 0.15) is 65.2 Å². The van der Waals surface area contributed by atoms with Gasteiger partial charge in [0.2, 0.25) is 11.8 Å². The standard InChI is InChI=1S/C32H42FN5O7/c1-32(2)38-24(30(42)45-32)15-20-14-21(16-25(39)26(20)38)34-28(40)27-23(36-11-4-3-5-12-36)10-13-37(27)29(41)19-8-6-18(7-9-19)22(17-33)35-31(43)44/h14-16,18-19,22-23,26-27,35H,3-13,17H2,1-2H3,(H,34,40)(H,43,44)/t18-,19-,22-,23-,26?,27+/m1/s1. The second-order valence-electron chi connectivity index (χ2n) is 13.5. The number of rotatable bonds is 7. The first-order chi connectivity index (χ1) is 21.5. The lowest BCUT2D eigenvalue weighted by atomic mass is 9.78. The Labute approximate surface area is 261 Å². The molecule has 12 nitrogen and oxygen atoms in total. The van der Waals surface area contributed by atoms with Crippen LogP contribution in [0.3, 0.4) is 0 Å². The number of cyclic esters (lactones) is 1. The number of carbonyl (C=O) groups is 5. The number of hydrogen-bond donors (Lipinski definition) is 3. The maximum atomic E-state index is 14.1. The molecule has 244 valence electrons. The molecule has 0 spiro atoms. The zero-order valence-electron chi connectivity index (χ0n) is 25.8. The lowest BCUT2D eigenvalue weighted by Gasteiger charge is -2.38. The molecule has 3 N–H and O–H groups in total. The van der Waals surface area contributed by atoms with Gasteiger partial charge < -0.3 is 30.3 Å². The minimum atomic E-state index is -1.26. The number of piperidine rings is 1. The zero-order chi connectivity index (χ0) is 32.0. The molecule has 0 aromatic carbocycles. The number of ether oxygens (including phenoxy) is 1. The van der Waals surface area contributed by atoms with Crippen LogP contribution in [0.2, 0.25) is 0 Å². The van der Waals surface area contributed by atoms with E-state index < -0.39 is 42.6 Å². The number of nitrogens with one attached hydrogen (secondary N) is 2. The zero-order valence-corrected chi connectivity index (χ0v) is 25.8. The number of amides is 3. The molecule has 0 aromatic heterocycles. The number of ketones is 1. The van der Waals surface area contributed by atoms with Crippen LogP contribution in [-0.4, -0.2) is 106 Å². The third-order valence-electron chi connectivity index (χ3n) is 10.4. The van der Waals surface area contributed by atoms with E-state index in [1.54, 1.807) is 35.8 Å². The summed E-state index contributed by atoms with van der Waals surface area (Å²) in [5.74, 6) is -1.74. The molecule has 3 amide bonds. The number of hydrogen-bond acceptors (Lipinski definition) is 8. The van der Waals surface area contributed by atoms with Gasteiger partial charge in [0.05, 0.1) is 6.04 Å². The number of carboxylic acid groups (broad SMARTS) is 1. The first-order valence-corrected chi connectivity index (χ1v) is 16.1. The van der Waals surface area contributed by atoms with Crippen molar-refractivity contribution in [3.05, 3.63) is 35.2 Å². The summed E-state index contributed by atoms with van der Waals surface area (Å²) in [7, 11) is 0. The summed E-state index contributed by atoms with van der Waals surface area (Å²) in [4.78, 5) is 70.6. The van der Waals surface area contributed by atoms with Gasteiger partial charge in [0.1, 0.15) is 24.5 Å². The molecule has 0 aromatic rings. The molecular formula is C32H42FN5O7. The normalized spacial score (nSPS) is 31.7. The van der Waals surface area contributed by atoms with Gasteiger partial charge in [-0.2, -0.15) is 0 Å². The molecule has 0 radical (unpaired) electrons. The number of carbonyl (C=O) groups excluding carboxylic acids is 4. The van der Waals surface area contributed by atoms with E-state index in [9.17, 15) is 28.4 Å². The van der Waals surface area contributed by atoms with Crippen molar-refractivity contribution in [2.75, 3.05) is 26.3 Å². The van der Waals surface area contributed by atoms with Gasteiger partial charge in [0.25, 0.3) is 0 Å². The summed E-state index contributed by atoms with van der Waals surface area (Å²) in [5, 5.41) is 14.3. The highest BCUT2D eigenvalue weighted by Gasteiger charge is 2.53. The Hall–Kier alpha value is -3.74. The summed E-state index contributed by atoms with van der Waals surface area (Å²) in [6, 6.07) is -2.40. The number of fused-ring (bicyclic) bond motifs is 3. The van der Waals surface area contributed by atoms with E-state index in [0.717, 1.165) is 32.4 Å². The Kier molecular flexibility index (Phi) is 8.49. The maximum Gasteiger partial charge on any atom is 0.404 e. The van der Waals surface area contributed by atoms with Gasteiger partial charge >= 0.3 is 12.1 Å². The van der Waals surface area contributed by atoms with Gasteiger partial charge in [0, 0.05) is 30.3 Å². The third-order valence-corrected chi connectivity index (χ3v) is 10.4. The van der Waals surface area contributed by atoms with E-state index >= 15 is 0 Å². The molecule has 3 saturated heterocycles. The monoisotopic (exact) mass is 627 g/mol. The van der Waals surface area contributed by atoms with Crippen molar-refractivity contribution in [3.63, 3.8) is 0 Å². The molecule has 2 aliphatic carbocycles. The Balaban J connectivity index is 1.18. The maximum absolute atomic E-state index is 14.1. The highest BCUT2D eigenvalue weighted by atomic mass is 19.1. The molecule has 13 heteroatoms. The fourth-order valence-electron chi connectivity index (χ4n) is 8.25. The van der Waals surface area contributed by atoms with E-state index in [-0.39, 0.29) is 35.5 Å². The Morgan fingerprint density at radius 1 is 1.02 bits per heavy atom. The molecule has 0 bridgehead atoms. The Morgan fingerprint density at radius 2 is 1.73 bits per heavy atom. The molecule has 1 unspecified atom stereocenters. The van der Waals surface area contributed by atoms with Crippen LogP contribution in [0.4, 0.5) is 9.18 Å². The van der Waals surface area contributed by atoms with E-state index in [0.29, 0.717) is 55.6 Å².